The number of benzene rings is 2. The molecule has 0 amide bonds. The van der Waals surface area contributed by atoms with E-state index in [1.54, 1.807) is 12.1 Å². The van der Waals surface area contributed by atoms with Crippen molar-refractivity contribution in [1.82, 2.24) is 9.78 Å². The van der Waals surface area contributed by atoms with Crippen LogP contribution < -0.4 is 11.4 Å². The third kappa shape index (κ3) is 3.85. The monoisotopic (exact) mass is 448 g/mol. The van der Waals surface area contributed by atoms with Crippen LogP contribution in [0.15, 0.2) is 78.4 Å². The molecule has 2 aromatic carbocycles. The molecule has 0 fully saturated rings. The van der Waals surface area contributed by atoms with E-state index in [4.69, 9.17) is 13.6 Å². The number of aromatic nitrogens is 2. The van der Waals surface area contributed by atoms with Gasteiger partial charge in [-0.05, 0) is 28.3 Å². The van der Waals surface area contributed by atoms with Crippen LogP contribution in [-0.2, 0) is 22.7 Å². The highest BCUT2D eigenvalue weighted by Gasteiger charge is 2.15. The lowest BCUT2D eigenvalue weighted by Crippen LogP contribution is -2.19. The summed E-state index contributed by atoms with van der Waals surface area (Å²) >= 11 is 1.40. The Morgan fingerprint density at radius 2 is 1.94 bits per heavy atom. The molecule has 0 N–H and O–H groups in total. The Bertz CT molecular complexity index is 1540. The molecule has 0 aliphatic carbocycles. The van der Waals surface area contributed by atoms with Gasteiger partial charge in [0, 0.05) is 17.0 Å². The van der Waals surface area contributed by atoms with Gasteiger partial charge in [-0.3, -0.25) is 4.79 Å². The highest BCUT2D eigenvalue weighted by molar-refractivity contribution is 7.13. The molecule has 0 saturated heterocycles. The zero-order valence-corrected chi connectivity index (χ0v) is 17.5. The summed E-state index contributed by atoms with van der Waals surface area (Å²) in [5.74, 6) is -0.953. The van der Waals surface area contributed by atoms with E-state index >= 15 is 0 Å². The van der Waals surface area contributed by atoms with Gasteiger partial charge in [-0.2, -0.15) is 4.68 Å². The number of ether oxygens (including phenoxy) is 1. The predicted octanol–water partition coefficient (Wildman–Crippen LogP) is 3.96. The Morgan fingerprint density at radius 3 is 2.78 bits per heavy atom. The van der Waals surface area contributed by atoms with Gasteiger partial charge < -0.3 is 13.6 Å². The quantitative estimate of drug-likeness (QED) is 0.220. The summed E-state index contributed by atoms with van der Waals surface area (Å²) in [5.41, 5.74) is 0.464. The summed E-state index contributed by atoms with van der Waals surface area (Å²) < 4.78 is 16.9. The summed E-state index contributed by atoms with van der Waals surface area (Å²) in [6, 6.07) is 16.2. The first-order valence-corrected chi connectivity index (χ1v) is 10.7. The van der Waals surface area contributed by atoms with E-state index < -0.39 is 17.4 Å². The van der Waals surface area contributed by atoms with Crippen LogP contribution in [0, 0.1) is 0 Å². The predicted molar refractivity (Wildman–Crippen MR) is 118 cm³/mol. The largest absolute Gasteiger partial charge is 0.461 e. The Labute approximate surface area is 184 Å². The van der Waals surface area contributed by atoms with Crippen LogP contribution in [-0.4, -0.2) is 15.7 Å². The van der Waals surface area contributed by atoms with Crippen molar-refractivity contribution < 1.29 is 18.4 Å². The molecule has 5 aromatic rings. The third-order valence-electron chi connectivity index (χ3n) is 4.97. The average molecular weight is 448 g/mol. The summed E-state index contributed by atoms with van der Waals surface area (Å²) in [4.78, 5) is 37.0. The molecule has 0 aliphatic rings. The Morgan fingerprint density at radius 1 is 1.06 bits per heavy atom. The maximum absolute atomic E-state index is 12.3. The number of aryl methyl sites for hydroxylation is 1. The number of thiophene rings is 1. The van der Waals surface area contributed by atoms with Crippen LogP contribution in [0.4, 0.5) is 0 Å². The number of carbonyl (C=O) groups is 1. The fraction of sp³-hybridized carbons (Fsp3) is 0.130. The smallest absolute Gasteiger partial charge is 0.437 e. The first-order chi connectivity index (χ1) is 15.6. The van der Waals surface area contributed by atoms with Crippen molar-refractivity contribution in [2.75, 3.05) is 0 Å². The number of esters is 1. The van der Waals surface area contributed by atoms with E-state index in [1.165, 1.54) is 17.4 Å². The summed E-state index contributed by atoms with van der Waals surface area (Å²) in [6.07, 6.45) is -0.0730. The molecule has 0 saturated carbocycles. The molecule has 0 unspecified atom stereocenters. The Kier molecular flexibility index (Phi) is 5.16. The maximum atomic E-state index is 12.3. The fourth-order valence-corrected chi connectivity index (χ4v) is 4.15. The molecule has 0 atom stereocenters. The van der Waals surface area contributed by atoms with Crippen LogP contribution >= 0.6 is 11.3 Å². The molecule has 160 valence electrons. The zero-order chi connectivity index (χ0) is 22.1. The molecular weight excluding hydrogens is 432 g/mol. The van der Waals surface area contributed by atoms with Crippen LogP contribution in [0.2, 0.25) is 0 Å². The van der Waals surface area contributed by atoms with Gasteiger partial charge in [-0.25, -0.2) is 9.59 Å². The highest BCUT2D eigenvalue weighted by Crippen LogP contribution is 2.28. The van der Waals surface area contributed by atoms with Crippen molar-refractivity contribution in [3.63, 3.8) is 0 Å². The van der Waals surface area contributed by atoms with Crippen LogP contribution in [0.3, 0.4) is 0 Å². The van der Waals surface area contributed by atoms with Crippen LogP contribution in [0.25, 0.3) is 32.5 Å². The normalized spacial score (nSPS) is 11.2. The molecule has 3 aromatic heterocycles. The number of carbonyl (C=O) groups excluding carboxylic acids is 1. The molecule has 3 heterocycles. The van der Waals surface area contributed by atoms with Crippen molar-refractivity contribution in [3.05, 3.63) is 86.5 Å². The van der Waals surface area contributed by atoms with E-state index in [9.17, 15) is 14.4 Å². The van der Waals surface area contributed by atoms with Crippen LogP contribution in [0.5, 0.6) is 0 Å². The van der Waals surface area contributed by atoms with Gasteiger partial charge in [0.15, 0.2) is 0 Å². The van der Waals surface area contributed by atoms with Gasteiger partial charge in [-0.15, -0.1) is 16.4 Å². The summed E-state index contributed by atoms with van der Waals surface area (Å²) in [6.45, 7) is -0.0732. The number of hydrogen-bond acceptors (Lipinski definition) is 8. The first-order valence-electron chi connectivity index (χ1n) is 9.80. The molecule has 8 nitrogen and oxygen atoms in total. The number of nitrogens with zero attached hydrogens (tertiary/aromatic N) is 2. The molecule has 5 rings (SSSR count). The van der Waals surface area contributed by atoms with Gasteiger partial charge in [0.05, 0.1) is 17.8 Å². The molecule has 9 heteroatoms. The van der Waals surface area contributed by atoms with Gasteiger partial charge >= 0.3 is 17.4 Å². The van der Waals surface area contributed by atoms with Gasteiger partial charge in [0.25, 0.3) is 5.89 Å². The second-order valence-corrected chi connectivity index (χ2v) is 7.98. The average Bonchev–Trinajstić information content (AvgIpc) is 3.45. The van der Waals surface area contributed by atoms with E-state index in [-0.39, 0.29) is 25.5 Å². The third-order valence-corrected chi connectivity index (χ3v) is 5.83. The van der Waals surface area contributed by atoms with E-state index in [0.717, 1.165) is 25.7 Å². The van der Waals surface area contributed by atoms with E-state index in [2.05, 4.69) is 5.10 Å². The molecular formula is C23H16N2O6S. The Balaban J connectivity index is 1.32. The van der Waals surface area contributed by atoms with Gasteiger partial charge in [0.2, 0.25) is 0 Å². The molecule has 0 bridgehead atoms. The topological polar surface area (TPSA) is 105 Å². The minimum Gasteiger partial charge on any atom is -0.461 e. The van der Waals surface area contributed by atoms with Gasteiger partial charge in [-0.1, -0.05) is 36.4 Å². The lowest BCUT2D eigenvalue weighted by molar-refractivity contribution is -0.145. The second-order valence-electron chi connectivity index (χ2n) is 7.03. The van der Waals surface area contributed by atoms with E-state index in [1.807, 2.05) is 41.8 Å². The van der Waals surface area contributed by atoms with Gasteiger partial charge in [0.1, 0.15) is 12.2 Å². The first kappa shape index (κ1) is 20.0. The van der Waals surface area contributed by atoms with E-state index in [0.29, 0.717) is 11.1 Å². The maximum Gasteiger partial charge on any atom is 0.437 e. The standard InChI is InChI=1S/C23H16N2O6S/c26-19(9-10-25-23(28)31-22(24-25)18-6-3-11-32-18)29-13-15-12-20(27)30-17-8-7-14-4-1-2-5-16(14)21(15)17/h1-8,11-12H,9-10,13H2. The minimum absolute atomic E-state index is 0.0210. The van der Waals surface area contributed by atoms with Crippen molar-refractivity contribution >= 4 is 39.0 Å². The molecule has 0 aliphatic heterocycles. The minimum atomic E-state index is -0.640. The summed E-state index contributed by atoms with van der Waals surface area (Å²) in [5, 5.41) is 8.57. The summed E-state index contributed by atoms with van der Waals surface area (Å²) in [7, 11) is 0. The zero-order valence-electron chi connectivity index (χ0n) is 16.6. The fourth-order valence-electron chi connectivity index (χ4n) is 3.51. The lowest BCUT2D eigenvalue weighted by Gasteiger charge is -2.09. The molecule has 0 spiro atoms. The van der Waals surface area contributed by atoms with Crippen molar-refractivity contribution in [2.45, 2.75) is 19.6 Å². The number of fused-ring (bicyclic) bond motifs is 3. The number of hydrogen-bond donors (Lipinski definition) is 0. The lowest BCUT2D eigenvalue weighted by atomic mass is 10.0. The van der Waals surface area contributed by atoms with Crippen molar-refractivity contribution in [3.8, 4) is 10.8 Å². The number of rotatable bonds is 6. The van der Waals surface area contributed by atoms with Crippen LogP contribution in [0.1, 0.15) is 12.0 Å². The molecule has 32 heavy (non-hydrogen) atoms. The second kappa shape index (κ2) is 8.27. The van der Waals surface area contributed by atoms with Crippen molar-refractivity contribution in [1.29, 1.82) is 0 Å². The molecule has 0 radical (unpaired) electrons. The van der Waals surface area contributed by atoms with Crippen molar-refractivity contribution in [2.24, 2.45) is 0 Å². The SMILES string of the molecule is O=C(CCn1nc(-c2cccs2)oc1=O)OCc1cc(=O)oc2ccc3ccccc3c12. The Hall–Kier alpha value is -3.98. The highest BCUT2D eigenvalue weighted by atomic mass is 32.1.